The normalized spacial score (nSPS) is 21.3. The molecule has 196 valence electrons. The maximum absolute atomic E-state index is 13.1. The Bertz CT molecular complexity index is 1020. The van der Waals surface area contributed by atoms with Crippen molar-refractivity contribution in [1.82, 2.24) is 9.80 Å². The molecule has 0 bridgehead atoms. The van der Waals surface area contributed by atoms with Crippen LogP contribution in [0.2, 0.25) is 5.02 Å². The second-order valence-electron chi connectivity index (χ2n) is 8.85. The number of hydrogen-bond acceptors (Lipinski definition) is 6. The van der Waals surface area contributed by atoms with Gasteiger partial charge in [0.1, 0.15) is 23.7 Å². The lowest BCUT2D eigenvalue weighted by atomic mass is 9.96. The van der Waals surface area contributed by atoms with E-state index in [0.29, 0.717) is 68.9 Å². The Morgan fingerprint density at radius 3 is 2.50 bits per heavy atom. The van der Waals surface area contributed by atoms with Gasteiger partial charge in [0.25, 0.3) is 0 Å². The molecule has 0 aromatic heterocycles. The Morgan fingerprint density at radius 2 is 1.78 bits per heavy atom. The van der Waals surface area contributed by atoms with E-state index in [1.807, 2.05) is 4.90 Å². The van der Waals surface area contributed by atoms with Crippen LogP contribution < -0.4 is 9.47 Å². The molecule has 2 heterocycles. The lowest BCUT2D eigenvalue weighted by molar-refractivity contribution is -0.274. The molecule has 0 saturated carbocycles. The van der Waals surface area contributed by atoms with Crippen LogP contribution in [0, 0.1) is 0 Å². The first kappa shape index (κ1) is 26.5. The lowest BCUT2D eigenvalue weighted by Gasteiger charge is -2.43. The third-order valence-electron chi connectivity index (χ3n) is 6.02. The van der Waals surface area contributed by atoms with Crippen molar-refractivity contribution in [3.05, 3.63) is 59.1 Å². The lowest BCUT2D eigenvalue weighted by Crippen LogP contribution is -2.57. The first-order valence-corrected chi connectivity index (χ1v) is 12.0. The van der Waals surface area contributed by atoms with Gasteiger partial charge in [0.05, 0.1) is 26.2 Å². The zero-order valence-corrected chi connectivity index (χ0v) is 20.4. The van der Waals surface area contributed by atoms with Gasteiger partial charge < -0.3 is 23.8 Å². The summed E-state index contributed by atoms with van der Waals surface area (Å²) in [5.74, 6) is 0.267. The third kappa shape index (κ3) is 7.73. The van der Waals surface area contributed by atoms with Gasteiger partial charge in [-0.2, -0.15) is 0 Å². The Hall–Kier alpha value is -2.53. The molecule has 1 unspecified atom stereocenters. The SMILES string of the molecule is O=C(CC1(COc2ccc(Cl)cc2)CN(Cc2cccc(OC(F)(F)F)c2)CCO1)N1CCOCC1. The highest BCUT2D eigenvalue weighted by Crippen LogP contribution is 2.28. The molecule has 11 heteroatoms. The molecule has 0 N–H and O–H groups in total. The van der Waals surface area contributed by atoms with Crippen LogP contribution in [0.4, 0.5) is 13.2 Å². The number of rotatable bonds is 8. The Labute approximate surface area is 212 Å². The molecule has 2 aromatic rings. The van der Waals surface area contributed by atoms with Crippen molar-refractivity contribution in [2.45, 2.75) is 24.9 Å². The number of nitrogens with zero attached hydrogens (tertiary/aromatic N) is 2. The van der Waals surface area contributed by atoms with E-state index in [1.54, 1.807) is 35.2 Å². The van der Waals surface area contributed by atoms with Gasteiger partial charge in [-0.15, -0.1) is 13.2 Å². The summed E-state index contributed by atoms with van der Waals surface area (Å²) in [6.45, 7) is 3.77. The Balaban J connectivity index is 1.48. The summed E-state index contributed by atoms with van der Waals surface area (Å²) in [4.78, 5) is 17.0. The summed E-state index contributed by atoms with van der Waals surface area (Å²) in [6, 6.07) is 12.8. The van der Waals surface area contributed by atoms with Crippen LogP contribution in [-0.4, -0.2) is 80.3 Å². The summed E-state index contributed by atoms with van der Waals surface area (Å²) in [5.41, 5.74) is -0.279. The van der Waals surface area contributed by atoms with Gasteiger partial charge in [-0.25, -0.2) is 0 Å². The smallest absolute Gasteiger partial charge is 0.491 e. The van der Waals surface area contributed by atoms with Gasteiger partial charge >= 0.3 is 6.36 Å². The Kier molecular flexibility index (Phi) is 8.61. The van der Waals surface area contributed by atoms with Crippen LogP contribution in [0.3, 0.4) is 0 Å². The van der Waals surface area contributed by atoms with E-state index in [-0.39, 0.29) is 24.7 Å². The standard InChI is InChI=1S/C25H28ClF3N2O5/c26-20-4-6-21(7-5-20)34-18-24(15-23(32)31-9-11-33-12-10-31)17-30(8-13-35-24)16-19-2-1-3-22(14-19)36-25(27,28)29/h1-7,14H,8-13,15-18H2. The number of alkyl halides is 3. The van der Waals surface area contributed by atoms with Crippen molar-refractivity contribution in [3.8, 4) is 11.5 Å². The molecule has 7 nitrogen and oxygen atoms in total. The fourth-order valence-electron chi connectivity index (χ4n) is 4.35. The summed E-state index contributed by atoms with van der Waals surface area (Å²) in [5, 5.41) is 0.580. The average molecular weight is 529 g/mol. The van der Waals surface area contributed by atoms with E-state index in [0.717, 1.165) is 0 Å². The van der Waals surface area contributed by atoms with Gasteiger partial charge in [-0.3, -0.25) is 9.69 Å². The third-order valence-corrected chi connectivity index (χ3v) is 6.27. The van der Waals surface area contributed by atoms with E-state index in [2.05, 4.69) is 4.74 Å². The highest BCUT2D eigenvalue weighted by molar-refractivity contribution is 6.30. The minimum Gasteiger partial charge on any atom is -0.491 e. The molecule has 2 aliphatic rings. The maximum Gasteiger partial charge on any atom is 0.573 e. The van der Waals surface area contributed by atoms with Crippen molar-refractivity contribution in [2.24, 2.45) is 0 Å². The topological polar surface area (TPSA) is 60.5 Å². The zero-order chi connectivity index (χ0) is 25.6. The van der Waals surface area contributed by atoms with Crippen molar-refractivity contribution in [3.63, 3.8) is 0 Å². The molecular weight excluding hydrogens is 501 g/mol. The van der Waals surface area contributed by atoms with E-state index in [1.165, 1.54) is 18.2 Å². The minimum atomic E-state index is -4.76. The van der Waals surface area contributed by atoms with Gasteiger partial charge in [0.2, 0.25) is 5.91 Å². The average Bonchev–Trinajstić information content (AvgIpc) is 2.84. The Morgan fingerprint density at radius 1 is 1.03 bits per heavy atom. The number of carbonyl (C=O) groups is 1. The number of halogens is 4. The fourth-order valence-corrected chi connectivity index (χ4v) is 4.47. The van der Waals surface area contributed by atoms with Gasteiger partial charge in [0, 0.05) is 37.7 Å². The quantitative estimate of drug-likeness (QED) is 0.513. The summed E-state index contributed by atoms with van der Waals surface area (Å²) >= 11 is 5.97. The number of morpholine rings is 2. The molecule has 36 heavy (non-hydrogen) atoms. The molecule has 2 saturated heterocycles. The van der Waals surface area contributed by atoms with Crippen molar-refractivity contribution < 1.29 is 36.9 Å². The highest BCUT2D eigenvalue weighted by Gasteiger charge is 2.41. The predicted octanol–water partition coefficient (Wildman–Crippen LogP) is 4.14. The molecule has 4 rings (SSSR count). The molecule has 0 radical (unpaired) electrons. The van der Waals surface area contributed by atoms with Gasteiger partial charge in [-0.1, -0.05) is 23.7 Å². The van der Waals surface area contributed by atoms with Gasteiger partial charge in [0.15, 0.2) is 0 Å². The largest absolute Gasteiger partial charge is 0.573 e. The number of benzene rings is 2. The number of amides is 1. The molecule has 2 aromatic carbocycles. The van der Waals surface area contributed by atoms with E-state index in [4.69, 9.17) is 25.8 Å². The number of ether oxygens (including phenoxy) is 4. The molecule has 1 amide bonds. The van der Waals surface area contributed by atoms with Crippen molar-refractivity contribution in [1.29, 1.82) is 0 Å². The van der Waals surface area contributed by atoms with Crippen LogP contribution in [0.15, 0.2) is 48.5 Å². The van der Waals surface area contributed by atoms with Crippen LogP contribution in [-0.2, 0) is 20.8 Å². The highest BCUT2D eigenvalue weighted by atomic mass is 35.5. The molecule has 0 spiro atoms. The summed E-state index contributed by atoms with van der Waals surface area (Å²) < 4.78 is 59.5. The fraction of sp³-hybridized carbons (Fsp3) is 0.480. The van der Waals surface area contributed by atoms with Crippen molar-refractivity contribution >= 4 is 17.5 Å². The van der Waals surface area contributed by atoms with Crippen LogP contribution in [0.1, 0.15) is 12.0 Å². The molecule has 2 aliphatic heterocycles. The molecular formula is C25H28ClF3N2O5. The van der Waals surface area contributed by atoms with E-state index in [9.17, 15) is 18.0 Å². The predicted molar refractivity (Wildman–Crippen MR) is 126 cm³/mol. The summed E-state index contributed by atoms with van der Waals surface area (Å²) in [7, 11) is 0. The first-order valence-electron chi connectivity index (χ1n) is 11.6. The number of carbonyl (C=O) groups excluding carboxylic acids is 1. The van der Waals surface area contributed by atoms with Crippen molar-refractivity contribution in [2.75, 3.05) is 52.6 Å². The monoisotopic (exact) mass is 528 g/mol. The van der Waals surface area contributed by atoms with Gasteiger partial charge in [-0.05, 0) is 42.0 Å². The van der Waals surface area contributed by atoms with E-state index >= 15 is 0 Å². The minimum absolute atomic E-state index is 0.0552. The zero-order valence-electron chi connectivity index (χ0n) is 19.6. The number of hydrogen-bond donors (Lipinski definition) is 0. The van der Waals surface area contributed by atoms with E-state index < -0.39 is 12.0 Å². The first-order chi connectivity index (χ1) is 17.2. The van der Waals surface area contributed by atoms with Crippen LogP contribution in [0.5, 0.6) is 11.5 Å². The molecule has 2 fully saturated rings. The van der Waals surface area contributed by atoms with Crippen LogP contribution >= 0.6 is 11.6 Å². The molecule has 0 aliphatic carbocycles. The second kappa shape index (κ2) is 11.7. The summed E-state index contributed by atoms with van der Waals surface area (Å²) in [6.07, 6.45) is -4.65. The second-order valence-corrected chi connectivity index (χ2v) is 9.29. The van der Waals surface area contributed by atoms with Crippen LogP contribution in [0.25, 0.3) is 0 Å². The maximum atomic E-state index is 13.1. The molecule has 1 atom stereocenters.